The van der Waals surface area contributed by atoms with Crippen LogP contribution < -0.4 is 0 Å². The molecule has 1 heterocycles. The van der Waals surface area contributed by atoms with E-state index in [9.17, 15) is 13.2 Å². The molecule has 0 aliphatic carbocycles. The van der Waals surface area contributed by atoms with E-state index in [1.807, 2.05) is 13.8 Å². The summed E-state index contributed by atoms with van der Waals surface area (Å²) < 4.78 is 32.5. The third kappa shape index (κ3) is 4.13. The van der Waals surface area contributed by atoms with Crippen LogP contribution in [0.5, 0.6) is 0 Å². The minimum absolute atomic E-state index is 0.113. The van der Waals surface area contributed by atoms with Crippen molar-refractivity contribution in [1.82, 2.24) is 8.61 Å². The molecule has 0 aromatic carbocycles. The van der Waals surface area contributed by atoms with E-state index in [2.05, 4.69) is 0 Å². The molecule has 0 radical (unpaired) electrons. The van der Waals surface area contributed by atoms with Gasteiger partial charge in [0, 0.05) is 19.6 Å². The highest BCUT2D eigenvalue weighted by molar-refractivity contribution is 7.86. The standard InChI is InChI=1S/C11H22N2O5S/c1-3-5-12(6-4-2)19(16,17)13-7-8-18-10(9-13)11(14)15/h10H,3-9H2,1-2H3,(H,14,15). The van der Waals surface area contributed by atoms with Crippen molar-refractivity contribution in [2.45, 2.75) is 32.8 Å². The fourth-order valence-electron chi connectivity index (χ4n) is 1.99. The zero-order valence-corrected chi connectivity index (χ0v) is 12.2. The Kier molecular flexibility index (Phi) is 6.18. The van der Waals surface area contributed by atoms with Gasteiger partial charge in [0.05, 0.1) is 13.2 Å². The second kappa shape index (κ2) is 7.18. The Hall–Kier alpha value is -0.700. The van der Waals surface area contributed by atoms with Crippen molar-refractivity contribution in [3.8, 4) is 0 Å². The van der Waals surface area contributed by atoms with E-state index in [4.69, 9.17) is 9.84 Å². The molecule has 1 rings (SSSR count). The van der Waals surface area contributed by atoms with Gasteiger partial charge in [-0.15, -0.1) is 0 Å². The molecule has 1 unspecified atom stereocenters. The van der Waals surface area contributed by atoms with Crippen LogP contribution in [0.4, 0.5) is 0 Å². The summed E-state index contributed by atoms with van der Waals surface area (Å²) in [5, 5.41) is 8.91. The molecular weight excluding hydrogens is 272 g/mol. The Morgan fingerprint density at radius 1 is 1.37 bits per heavy atom. The van der Waals surface area contributed by atoms with Gasteiger partial charge in [0.25, 0.3) is 10.2 Å². The second-order valence-electron chi connectivity index (χ2n) is 4.46. The van der Waals surface area contributed by atoms with E-state index >= 15 is 0 Å². The molecule has 0 aromatic heterocycles. The molecule has 1 fully saturated rings. The summed E-state index contributed by atoms with van der Waals surface area (Å²) in [6, 6.07) is 0. The maximum Gasteiger partial charge on any atom is 0.334 e. The zero-order valence-electron chi connectivity index (χ0n) is 11.4. The molecule has 1 saturated heterocycles. The SMILES string of the molecule is CCCN(CCC)S(=O)(=O)N1CCOC(C(=O)O)C1. The number of aliphatic carboxylic acids is 1. The predicted molar refractivity (Wildman–Crippen MR) is 70.0 cm³/mol. The van der Waals surface area contributed by atoms with E-state index in [0.29, 0.717) is 13.1 Å². The lowest BCUT2D eigenvalue weighted by Gasteiger charge is -2.34. The summed E-state index contributed by atoms with van der Waals surface area (Å²) >= 11 is 0. The number of carbonyl (C=O) groups is 1. The summed E-state index contributed by atoms with van der Waals surface area (Å²) in [5.74, 6) is -1.13. The van der Waals surface area contributed by atoms with Crippen LogP contribution in [-0.2, 0) is 19.7 Å². The van der Waals surface area contributed by atoms with Crippen LogP contribution >= 0.6 is 0 Å². The summed E-state index contributed by atoms with van der Waals surface area (Å²) in [4.78, 5) is 10.9. The van der Waals surface area contributed by atoms with Crippen LogP contribution in [0.25, 0.3) is 0 Å². The van der Waals surface area contributed by atoms with Crippen molar-refractivity contribution in [2.24, 2.45) is 0 Å². The van der Waals surface area contributed by atoms with Gasteiger partial charge in [0.15, 0.2) is 6.10 Å². The average Bonchev–Trinajstić information content (AvgIpc) is 2.38. The number of rotatable bonds is 7. The van der Waals surface area contributed by atoms with Gasteiger partial charge >= 0.3 is 5.97 Å². The van der Waals surface area contributed by atoms with Gasteiger partial charge in [-0.2, -0.15) is 17.0 Å². The van der Waals surface area contributed by atoms with Gasteiger partial charge in [-0.05, 0) is 12.8 Å². The van der Waals surface area contributed by atoms with E-state index < -0.39 is 22.3 Å². The third-order valence-corrected chi connectivity index (χ3v) is 4.91. The maximum absolute atomic E-state index is 12.4. The summed E-state index contributed by atoms with van der Waals surface area (Å²) in [7, 11) is -3.59. The Bertz CT molecular complexity index is 392. The Morgan fingerprint density at radius 2 is 1.95 bits per heavy atom. The van der Waals surface area contributed by atoms with Gasteiger partial charge in [0.2, 0.25) is 0 Å². The van der Waals surface area contributed by atoms with Gasteiger partial charge in [-0.25, -0.2) is 4.79 Å². The molecule has 0 aromatic rings. The first-order chi connectivity index (χ1) is 8.93. The van der Waals surface area contributed by atoms with E-state index in [0.717, 1.165) is 12.8 Å². The first-order valence-corrected chi connectivity index (χ1v) is 7.92. The number of hydrogen-bond donors (Lipinski definition) is 1. The van der Waals surface area contributed by atoms with Crippen molar-refractivity contribution < 1.29 is 23.1 Å². The molecule has 1 N–H and O–H groups in total. The lowest BCUT2D eigenvalue weighted by Crippen LogP contribution is -2.53. The molecule has 0 saturated carbocycles. The number of ether oxygens (including phenoxy) is 1. The average molecular weight is 294 g/mol. The molecule has 8 heteroatoms. The molecule has 1 atom stereocenters. The Morgan fingerprint density at radius 3 is 2.42 bits per heavy atom. The molecule has 0 bridgehead atoms. The molecule has 0 spiro atoms. The van der Waals surface area contributed by atoms with Crippen LogP contribution in [0, 0.1) is 0 Å². The first-order valence-electron chi connectivity index (χ1n) is 6.53. The predicted octanol–water partition coefficient (Wildman–Crippen LogP) is 0.139. The van der Waals surface area contributed by atoms with Gasteiger partial charge in [-0.1, -0.05) is 13.8 Å². The van der Waals surface area contributed by atoms with Crippen LogP contribution in [0.15, 0.2) is 0 Å². The number of nitrogens with zero attached hydrogens (tertiary/aromatic N) is 2. The molecule has 112 valence electrons. The van der Waals surface area contributed by atoms with Crippen LogP contribution in [-0.4, -0.2) is 67.0 Å². The van der Waals surface area contributed by atoms with Crippen molar-refractivity contribution in [3.63, 3.8) is 0 Å². The van der Waals surface area contributed by atoms with Gasteiger partial charge in [0.1, 0.15) is 0 Å². The van der Waals surface area contributed by atoms with Crippen LogP contribution in [0.2, 0.25) is 0 Å². The normalized spacial score (nSPS) is 21.7. The fourth-order valence-corrected chi connectivity index (χ4v) is 3.77. The van der Waals surface area contributed by atoms with E-state index in [1.54, 1.807) is 0 Å². The highest BCUT2D eigenvalue weighted by atomic mass is 32.2. The summed E-state index contributed by atoms with van der Waals surface area (Å²) in [6.45, 7) is 4.92. The number of morpholine rings is 1. The minimum atomic E-state index is -3.59. The Balaban J connectivity index is 2.82. The molecule has 1 aliphatic heterocycles. The largest absolute Gasteiger partial charge is 0.479 e. The molecular formula is C11H22N2O5S. The Labute approximate surface area is 114 Å². The quantitative estimate of drug-likeness (QED) is 0.721. The van der Waals surface area contributed by atoms with Crippen LogP contribution in [0.3, 0.4) is 0 Å². The zero-order chi connectivity index (χ0) is 14.5. The number of hydrogen-bond acceptors (Lipinski definition) is 4. The lowest BCUT2D eigenvalue weighted by atomic mass is 10.3. The van der Waals surface area contributed by atoms with E-state index in [-0.39, 0.29) is 19.7 Å². The van der Waals surface area contributed by atoms with Crippen molar-refractivity contribution >= 4 is 16.2 Å². The smallest absolute Gasteiger partial charge is 0.334 e. The second-order valence-corrected chi connectivity index (χ2v) is 6.39. The highest BCUT2D eigenvalue weighted by Crippen LogP contribution is 2.15. The highest BCUT2D eigenvalue weighted by Gasteiger charge is 2.35. The number of carboxylic acids is 1. The van der Waals surface area contributed by atoms with Crippen molar-refractivity contribution in [1.29, 1.82) is 0 Å². The molecule has 0 amide bonds. The minimum Gasteiger partial charge on any atom is -0.479 e. The van der Waals surface area contributed by atoms with Crippen molar-refractivity contribution in [2.75, 3.05) is 32.8 Å². The molecule has 7 nitrogen and oxygen atoms in total. The van der Waals surface area contributed by atoms with Crippen LogP contribution in [0.1, 0.15) is 26.7 Å². The first kappa shape index (κ1) is 16.4. The van der Waals surface area contributed by atoms with Crippen molar-refractivity contribution in [3.05, 3.63) is 0 Å². The van der Waals surface area contributed by atoms with Gasteiger partial charge < -0.3 is 9.84 Å². The number of carboxylic acid groups (broad SMARTS) is 1. The topological polar surface area (TPSA) is 87.2 Å². The monoisotopic (exact) mass is 294 g/mol. The third-order valence-electron chi connectivity index (χ3n) is 2.90. The maximum atomic E-state index is 12.4. The van der Waals surface area contributed by atoms with E-state index in [1.165, 1.54) is 8.61 Å². The summed E-state index contributed by atoms with van der Waals surface area (Å²) in [5.41, 5.74) is 0. The molecule has 1 aliphatic rings. The molecule has 19 heavy (non-hydrogen) atoms. The van der Waals surface area contributed by atoms with Gasteiger partial charge in [-0.3, -0.25) is 0 Å². The summed E-state index contributed by atoms with van der Waals surface area (Å²) in [6.07, 6.45) is 0.381. The fraction of sp³-hybridized carbons (Fsp3) is 0.909. The lowest BCUT2D eigenvalue weighted by molar-refractivity contribution is -0.153.